The fourth-order valence-corrected chi connectivity index (χ4v) is 1.91. The average molecular weight is 329 g/mol. The molecule has 1 unspecified atom stereocenters. The minimum atomic E-state index is -0.700. The molecule has 104 valence electrons. The summed E-state index contributed by atoms with van der Waals surface area (Å²) in [5.74, 6) is -1.38. The van der Waals surface area contributed by atoms with Crippen LogP contribution >= 0.6 is 15.9 Å². The van der Waals surface area contributed by atoms with E-state index >= 15 is 0 Å². The Labute approximate surface area is 120 Å². The highest BCUT2D eigenvalue weighted by atomic mass is 79.9. The number of aliphatic hydroxyl groups is 1. The molecule has 0 aliphatic rings. The Morgan fingerprint density at radius 3 is 2.74 bits per heavy atom. The average Bonchev–Trinajstić information content (AvgIpc) is 2.36. The number of rotatable bonds is 5. The third-order valence-corrected chi connectivity index (χ3v) is 2.95. The summed E-state index contributed by atoms with van der Waals surface area (Å²) < 4.78 is 0.821. The van der Waals surface area contributed by atoms with E-state index < -0.39 is 11.8 Å². The van der Waals surface area contributed by atoms with E-state index in [4.69, 9.17) is 5.11 Å². The molecule has 0 aromatic heterocycles. The van der Waals surface area contributed by atoms with E-state index in [9.17, 15) is 9.59 Å². The maximum absolute atomic E-state index is 11.6. The molecule has 1 aromatic rings. The van der Waals surface area contributed by atoms with Gasteiger partial charge in [-0.15, -0.1) is 0 Å². The molecule has 1 rings (SSSR count). The number of aliphatic hydroxyl groups excluding tert-OH is 1. The lowest BCUT2D eigenvalue weighted by molar-refractivity contribution is -0.136. The number of nitrogens with one attached hydrogen (secondary N) is 2. The van der Waals surface area contributed by atoms with Gasteiger partial charge in [-0.3, -0.25) is 9.59 Å². The zero-order chi connectivity index (χ0) is 14.3. The second kappa shape index (κ2) is 7.91. The first-order chi connectivity index (χ1) is 9.02. The minimum Gasteiger partial charge on any atom is -0.396 e. The molecule has 0 saturated carbocycles. The van der Waals surface area contributed by atoms with Crippen molar-refractivity contribution in [1.82, 2.24) is 5.32 Å². The van der Waals surface area contributed by atoms with Crippen molar-refractivity contribution in [2.75, 3.05) is 11.9 Å². The van der Waals surface area contributed by atoms with Crippen LogP contribution in [0.15, 0.2) is 28.7 Å². The Morgan fingerprint density at radius 2 is 2.11 bits per heavy atom. The Bertz CT molecular complexity index is 451. The van der Waals surface area contributed by atoms with Crippen molar-refractivity contribution in [3.05, 3.63) is 28.7 Å². The number of carbonyl (C=O) groups is 2. The van der Waals surface area contributed by atoms with Gasteiger partial charge < -0.3 is 15.7 Å². The standard InChI is InChI=1S/C13H17BrN2O3/c1-9(4-3-7-17)15-12(18)13(19)16-11-6-2-5-10(14)8-11/h2,5-6,8-9,17H,3-4,7H2,1H3,(H,15,18)(H,16,19). The molecule has 0 bridgehead atoms. The van der Waals surface area contributed by atoms with Crippen LogP contribution in [0, 0.1) is 0 Å². The molecule has 1 aromatic carbocycles. The van der Waals surface area contributed by atoms with Crippen molar-refractivity contribution in [2.24, 2.45) is 0 Å². The predicted molar refractivity (Wildman–Crippen MR) is 76.7 cm³/mol. The van der Waals surface area contributed by atoms with Crippen LogP contribution in [-0.4, -0.2) is 29.6 Å². The third-order valence-electron chi connectivity index (χ3n) is 2.46. The van der Waals surface area contributed by atoms with E-state index in [0.717, 1.165) is 4.47 Å². The molecule has 5 nitrogen and oxygen atoms in total. The van der Waals surface area contributed by atoms with Gasteiger partial charge in [-0.05, 0) is 38.0 Å². The van der Waals surface area contributed by atoms with E-state index in [-0.39, 0.29) is 12.6 Å². The van der Waals surface area contributed by atoms with Crippen LogP contribution in [0.1, 0.15) is 19.8 Å². The van der Waals surface area contributed by atoms with Crippen LogP contribution in [0.2, 0.25) is 0 Å². The predicted octanol–water partition coefficient (Wildman–Crippen LogP) is 1.66. The Hall–Kier alpha value is -1.40. The molecule has 19 heavy (non-hydrogen) atoms. The van der Waals surface area contributed by atoms with Gasteiger partial charge in [0.05, 0.1) is 0 Å². The quantitative estimate of drug-likeness (QED) is 0.719. The van der Waals surface area contributed by atoms with Crippen molar-refractivity contribution < 1.29 is 14.7 Å². The highest BCUT2D eigenvalue weighted by Gasteiger charge is 2.16. The minimum absolute atomic E-state index is 0.0739. The zero-order valence-electron chi connectivity index (χ0n) is 10.6. The van der Waals surface area contributed by atoms with Crippen LogP contribution in [0.3, 0.4) is 0 Å². The Balaban J connectivity index is 2.47. The van der Waals surface area contributed by atoms with E-state index in [2.05, 4.69) is 26.6 Å². The molecular formula is C13H17BrN2O3. The SMILES string of the molecule is CC(CCCO)NC(=O)C(=O)Nc1cccc(Br)c1. The summed E-state index contributed by atoms with van der Waals surface area (Å²) in [6, 6.07) is 6.85. The number of amides is 2. The van der Waals surface area contributed by atoms with Crippen molar-refractivity contribution in [3.8, 4) is 0 Å². The lowest BCUT2D eigenvalue weighted by Crippen LogP contribution is -2.40. The zero-order valence-corrected chi connectivity index (χ0v) is 12.2. The molecule has 0 radical (unpaired) electrons. The van der Waals surface area contributed by atoms with Crippen LogP contribution < -0.4 is 10.6 Å². The summed E-state index contributed by atoms with van der Waals surface area (Å²) in [6.07, 6.45) is 1.22. The van der Waals surface area contributed by atoms with E-state index in [1.54, 1.807) is 25.1 Å². The van der Waals surface area contributed by atoms with Gasteiger partial charge >= 0.3 is 11.8 Å². The molecule has 1 atom stereocenters. The van der Waals surface area contributed by atoms with E-state index in [1.165, 1.54) is 0 Å². The highest BCUT2D eigenvalue weighted by Crippen LogP contribution is 2.15. The molecule has 0 fully saturated rings. The van der Waals surface area contributed by atoms with Crippen LogP contribution in [0.5, 0.6) is 0 Å². The smallest absolute Gasteiger partial charge is 0.313 e. The number of hydrogen-bond donors (Lipinski definition) is 3. The highest BCUT2D eigenvalue weighted by molar-refractivity contribution is 9.10. The van der Waals surface area contributed by atoms with Gasteiger partial charge in [0.25, 0.3) is 0 Å². The van der Waals surface area contributed by atoms with Crippen LogP contribution in [0.4, 0.5) is 5.69 Å². The summed E-state index contributed by atoms with van der Waals surface area (Å²) in [6.45, 7) is 1.87. The first-order valence-electron chi connectivity index (χ1n) is 6.01. The molecule has 3 N–H and O–H groups in total. The fraction of sp³-hybridized carbons (Fsp3) is 0.385. The first kappa shape index (κ1) is 15.7. The van der Waals surface area contributed by atoms with Crippen LogP contribution in [-0.2, 0) is 9.59 Å². The lowest BCUT2D eigenvalue weighted by Gasteiger charge is -2.13. The summed E-state index contributed by atoms with van der Waals surface area (Å²) in [5, 5.41) is 13.8. The molecule has 6 heteroatoms. The summed E-state index contributed by atoms with van der Waals surface area (Å²) in [5.41, 5.74) is 0.553. The lowest BCUT2D eigenvalue weighted by atomic mass is 10.2. The van der Waals surface area contributed by atoms with Gasteiger partial charge in [-0.25, -0.2) is 0 Å². The van der Waals surface area contributed by atoms with Gasteiger partial charge in [-0.2, -0.15) is 0 Å². The summed E-state index contributed by atoms with van der Waals surface area (Å²) in [4.78, 5) is 23.3. The van der Waals surface area contributed by atoms with Crippen molar-refractivity contribution in [1.29, 1.82) is 0 Å². The number of carbonyl (C=O) groups excluding carboxylic acids is 2. The number of halogens is 1. The van der Waals surface area contributed by atoms with E-state index in [1.807, 2.05) is 6.07 Å². The van der Waals surface area contributed by atoms with Crippen LogP contribution in [0.25, 0.3) is 0 Å². The van der Waals surface area contributed by atoms with Gasteiger partial charge in [-0.1, -0.05) is 22.0 Å². The van der Waals surface area contributed by atoms with Gasteiger partial charge in [0.15, 0.2) is 0 Å². The van der Waals surface area contributed by atoms with Gasteiger partial charge in [0.2, 0.25) is 0 Å². The van der Waals surface area contributed by atoms with Crippen molar-refractivity contribution in [3.63, 3.8) is 0 Å². The molecule has 0 heterocycles. The monoisotopic (exact) mass is 328 g/mol. The largest absolute Gasteiger partial charge is 0.396 e. The molecule has 2 amide bonds. The first-order valence-corrected chi connectivity index (χ1v) is 6.80. The third kappa shape index (κ3) is 5.85. The Kier molecular flexibility index (Phi) is 6.52. The number of benzene rings is 1. The van der Waals surface area contributed by atoms with Crippen molar-refractivity contribution >= 4 is 33.4 Å². The summed E-state index contributed by atoms with van der Waals surface area (Å²) >= 11 is 3.28. The maximum atomic E-state index is 11.6. The molecule has 0 aliphatic carbocycles. The number of hydrogen-bond acceptors (Lipinski definition) is 3. The second-order valence-corrected chi connectivity index (χ2v) is 5.12. The molecular weight excluding hydrogens is 312 g/mol. The fourth-order valence-electron chi connectivity index (χ4n) is 1.51. The van der Waals surface area contributed by atoms with Gasteiger partial charge in [0, 0.05) is 22.8 Å². The Morgan fingerprint density at radius 1 is 1.37 bits per heavy atom. The van der Waals surface area contributed by atoms with E-state index in [0.29, 0.717) is 18.5 Å². The number of anilines is 1. The second-order valence-electron chi connectivity index (χ2n) is 4.20. The molecule has 0 aliphatic heterocycles. The van der Waals surface area contributed by atoms with Gasteiger partial charge in [0.1, 0.15) is 0 Å². The summed E-state index contributed by atoms with van der Waals surface area (Å²) in [7, 11) is 0. The molecule has 0 spiro atoms. The van der Waals surface area contributed by atoms with Crippen molar-refractivity contribution in [2.45, 2.75) is 25.8 Å². The topological polar surface area (TPSA) is 78.4 Å². The normalized spacial score (nSPS) is 11.7. The molecule has 0 saturated heterocycles. The maximum Gasteiger partial charge on any atom is 0.313 e.